The maximum atomic E-state index is 12.8. The lowest BCUT2D eigenvalue weighted by molar-refractivity contribution is 0.0998. The van der Waals surface area contributed by atoms with Crippen LogP contribution in [0.5, 0.6) is 0 Å². The summed E-state index contributed by atoms with van der Waals surface area (Å²) in [5, 5.41) is 7.23. The molecule has 29 heavy (non-hydrogen) atoms. The Bertz CT molecular complexity index is 1450. The lowest BCUT2D eigenvalue weighted by Gasteiger charge is -2.03. The lowest BCUT2D eigenvalue weighted by atomic mass is 10.1. The summed E-state index contributed by atoms with van der Waals surface area (Å²) >= 11 is 1.23. The number of fused-ring (bicyclic) bond motifs is 2. The number of thiazole rings is 1. The van der Waals surface area contributed by atoms with E-state index >= 15 is 0 Å². The third-order valence-corrected chi connectivity index (χ3v) is 6.44. The standard InChI is InChI=1S/C21H17N3O3S2/c1-2-11-24-18-10-9-17(29(22,26)27)13-19(18)28-21(24)23-20(25)16-8-7-14-5-3-4-6-15(14)12-16/h2-10,12-13H,1,11H2,(H2,22,26,27). The maximum absolute atomic E-state index is 12.8. The molecule has 0 unspecified atom stereocenters. The summed E-state index contributed by atoms with van der Waals surface area (Å²) in [6.07, 6.45) is 1.69. The first-order chi connectivity index (χ1) is 13.9. The number of aromatic nitrogens is 1. The number of amides is 1. The number of carbonyl (C=O) groups excluding carboxylic acids is 1. The molecule has 146 valence electrons. The van der Waals surface area contributed by atoms with Crippen LogP contribution in [-0.4, -0.2) is 18.9 Å². The van der Waals surface area contributed by atoms with E-state index in [0.29, 0.717) is 21.6 Å². The average molecular weight is 424 g/mol. The van der Waals surface area contributed by atoms with Gasteiger partial charge in [-0.1, -0.05) is 47.7 Å². The van der Waals surface area contributed by atoms with Crippen LogP contribution in [0.1, 0.15) is 10.4 Å². The number of primary sulfonamides is 1. The van der Waals surface area contributed by atoms with Gasteiger partial charge in [-0.05, 0) is 41.1 Å². The summed E-state index contributed by atoms with van der Waals surface area (Å²) in [6.45, 7) is 4.18. The van der Waals surface area contributed by atoms with Crippen LogP contribution in [0.4, 0.5) is 0 Å². The van der Waals surface area contributed by atoms with Gasteiger partial charge in [0.25, 0.3) is 5.91 Å². The van der Waals surface area contributed by atoms with Crippen LogP contribution >= 0.6 is 11.3 Å². The van der Waals surface area contributed by atoms with E-state index in [4.69, 9.17) is 5.14 Å². The molecule has 2 N–H and O–H groups in total. The number of allylic oxidation sites excluding steroid dienone is 1. The number of carbonyl (C=O) groups is 1. The summed E-state index contributed by atoms with van der Waals surface area (Å²) in [6, 6.07) is 17.8. The van der Waals surface area contributed by atoms with Crippen molar-refractivity contribution in [3.05, 3.63) is 83.7 Å². The SMILES string of the molecule is C=CCn1c(=NC(=O)c2ccc3ccccc3c2)sc2cc(S(N)(=O)=O)ccc21. The fraction of sp³-hybridized carbons (Fsp3) is 0.0476. The molecule has 0 saturated heterocycles. The third-order valence-electron chi connectivity index (χ3n) is 4.49. The van der Waals surface area contributed by atoms with Crippen LogP contribution < -0.4 is 9.94 Å². The van der Waals surface area contributed by atoms with E-state index < -0.39 is 10.0 Å². The van der Waals surface area contributed by atoms with Crippen molar-refractivity contribution in [2.45, 2.75) is 11.4 Å². The maximum Gasteiger partial charge on any atom is 0.279 e. The predicted molar refractivity (Wildman–Crippen MR) is 115 cm³/mol. The summed E-state index contributed by atoms with van der Waals surface area (Å²) in [5.74, 6) is -0.369. The van der Waals surface area contributed by atoms with Gasteiger partial charge in [0.2, 0.25) is 10.0 Å². The number of hydrogen-bond acceptors (Lipinski definition) is 4. The van der Waals surface area contributed by atoms with E-state index in [0.717, 1.165) is 16.3 Å². The van der Waals surface area contributed by atoms with Crippen molar-refractivity contribution in [1.29, 1.82) is 0 Å². The van der Waals surface area contributed by atoms with Crippen molar-refractivity contribution in [2.24, 2.45) is 10.1 Å². The number of sulfonamides is 1. The molecule has 0 aliphatic rings. The molecule has 6 nitrogen and oxygen atoms in total. The van der Waals surface area contributed by atoms with E-state index in [1.54, 1.807) is 18.2 Å². The lowest BCUT2D eigenvalue weighted by Crippen LogP contribution is -2.16. The van der Waals surface area contributed by atoms with Gasteiger partial charge >= 0.3 is 0 Å². The van der Waals surface area contributed by atoms with E-state index in [1.807, 2.05) is 41.0 Å². The molecular weight excluding hydrogens is 406 g/mol. The van der Waals surface area contributed by atoms with Gasteiger partial charge in [0.15, 0.2) is 4.80 Å². The zero-order valence-electron chi connectivity index (χ0n) is 15.3. The molecule has 0 saturated carbocycles. The van der Waals surface area contributed by atoms with Crippen molar-refractivity contribution in [2.75, 3.05) is 0 Å². The Kier molecular flexibility index (Phi) is 4.91. The summed E-state index contributed by atoms with van der Waals surface area (Å²) in [4.78, 5) is 17.6. The van der Waals surface area contributed by atoms with E-state index in [2.05, 4.69) is 11.6 Å². The van der Waals surface area contributed by atoms with Gasteiger partial charge in [0, 0.05) is 12.1 Å². The largest absolute Gasteiger partial charge is 0.312 e. The van der Waals surface area contributed by atoms with Crippen LogP contribution in [0.15, 0.2) is 83.2 Å². The van der Waals surface area contributed by atoms with Gasteiger partial charge in [-0.15, -0.1) is 6.58 Å². The van der Waals surface area contributed by atoms with Gasteiger partial charge in [0.05, 0.1) is 15.1 Å². The molecule has 0 spiro atoms. The fourth-order valence-corrected chi connectivity index (χ4v) is 4.79. The van der Waals surface area contributed by atoms with Crippen LogP contribution in [-0.2, 0) is 16.6 Å². The summed E-state index contributed by atoms with van der Waals surface area (Å²) in [7, 11) is -3.82. The first-order valence-corrected chi connectivity index (χ1v) is 11.1. The van der Waals surface area contributed by atoms with E-state index in [-0.39, 0.29) is 10.8 Å². The average Bonchev–Trinajstić information content (AvgIpc) is 3.03. The van der Waals surface area contributed by atoms with Crippen LogP contribution in [0.2, 0.25) is 0 Å². The van der Waals surface area contributed by atoms with Gasteiger partial charge in [0.1, 0.15) is 0 Å². The Labute approximate surface area is 171 Å². The number of rotatable bonds is 4. The van der Waals surface area contributed by atoms with Crippen molar-refractivity contribution < 1.29 is 13.2 Å². The van der Waals surface area contributed by atoms with Crippen molar-refractivity contribution in [3.63, 3.8) is 0 Å². The van der Waals surface area contributed by atoms with Crippen molar-refractivity contribution in [1.82, 2.24) is 4.57 Å². The van der Waals surface area contributed by atoms with Crippen molar-refractivity contribution in [3.8, 4) is 0 Å². The minimum absolute atomic E-state index is 0.0180. The quantitative estimate of drug-likeness (QED) is 0.510. The van der Waals surface area contributed by atoms with Crippen LogP contribution in [0.3, 0.4) is 0 Å². The van der Waals surface area contributed by atoms with Gasteiger partial charge in [-0.2, -0.15) is 4.99 Å². The molecule has 0 atom stereocenters. The normalized spacial score (nSPS) is 12.5. The molecule has 4 rings (SSSR count). The fourth-order valence-electron chi connectivity index (χ4n) is 3.10. The highest BCUT2D eigenvalue weighted by Crippen LogP contribution is 2.22. The first-order valence-electron chi connectivity index (χ1n) is 8.72. The monoisotopic (exact) mass is 423 g/mol. The van der Waals surface area contributed by atoms with Gasteiger partial charge < -0.3 is 4.57 Å². The Hall–Kier alpha value is -3.07. The molecule has 4 aromatic rings. The predicted octanol–water partition coefficient (Wildman–Crippen LogP) is 3.43. The molecule has 0 aliphatic heterocycles. The molecular formula is C21H17N3O3S2. The Morgan fingerprint density at radius 1 is 1.10 bits per heavy atom. The van der Waals surface area contributed by atoms with E-state index in [9.17, 15) is 13.2 Å². The zero-order valence-corrected chi connectivity index (χ0v) is 16.9. The Morgan fingerprint density at radius 3 is 2.59 bits per heavy atom. The van der Waals surface area contributed by atoms with Gasteiger partial charge in [-0.3, -0.25) is 4.79 Å². The number of hydrogen-bond donors (Lipinski definition) is 1. The number of benzene rings is 3. The number of nitrogens with zero attached hydrogens (tertiary/aromatic N) is 2. The summed E-state index contributed by atoms with van der Waals surface area (Å²) in [5.41, 5.74) is 1.24. The zero-order chi connectivity index (χ0) is 20.6. The van der Waals surface area contributed by atoms with Gasteiger partial charge in [-0.25, -0.2) is 13.6 Å². The highest BCUT2D eigenvalue weighted by Gasteiger charge is 2.13. The van der Waals surface area contributed by atoms with Crippen molar-refractivity contribution >= 4 is 48.3 Å². The Balaban J connectivity index is 1.85. The molecule has 1 amide bonds. The molecule has 0 aliphatic carbocycles. The molecule has 8 heteroatoms. The second kappa shape index (κ2) is 7.40. The van der Waals surface area contributed by atoms with Crippen LogP contribution in [0.25, 0.3) is 21.0 Å². The minimum atomic E-state index is -3.82. The second-order valence-electron chi connectivity index (χ2n) is 6.44. The summed E-state index contributed by atoms with van der Waals surface area (Å²) < 4.78 is 25.8. The molecule has 0 fully saturated rings. The molecule has 1 aromatic heterocycles. The topological polar surface area (TPSA) is 94.5 Å². The minimum Gasteiger partial charge on any atom is -0.312 e. The number of nitrogens with two attached hydrogens (primary N) is 1. The smallest absolute Gasteiger partial charge is 0.279 e. The Morgan fingerprint density at radius 2 is 1.86 bits per heavy atom. The highest BCUT2D eigenvalue weighted by atomic mass is 32.2. The van der Waals surface area contributed by atoms with E-state index in [1.165, 1.54) is 23.5 Å². The molecule has 0 radical (unpaired) electrons. The van der Waals surface area contributed by atoms with Crippen LogP contribution in [0, 0.1) is 0 Å². The molecule has 3 aromatic carbocycles. The third kappa shape index (κ3) is 3.77. The molecule has 1 heterocycles. The molecule has 0 bridgehead atoms. The second-order valence-corrected chi connectivity index (χ2v) is 9.01. The highest BCUT2D eigenvalue weighted by molar-refractivity contribution is 7.89. The first kappa shape index (κ1) is 19.3.